The molecule has 2 fully saturated rings. The van der Waals surface area contributed by atoms with Crippen molar-refractivity contribution >= 4 is 5.91 Å². The molecule has 3 nitrogen and oxygen atoms in total. The summed E-state index contributed by atoms with van der Waals surface area (Å²) in [5.41, 5.74) is 7.17. The molecule has 0 spiro atoms. The maximum atomic E-state index is 12.7. The van der Waals surface area contributed by atoms with Gasteiger partial charge in [-0.3, -0.25) is 4.79 Å². The van der Waals surface area contributed by atoms with Gasteiger partial charge in [0.15, 0.2) is 0 Å². The van der Waals surface area contributed by atoms with E-state index in [4.69, 9.17) is 5.73 Å². The first kappa shape index (κ1) is 14.6. The topological polar surface area (TPSA) is 46.3 Å². The number of hydrogen-bond acceptors (Lipinski definition) is 2. The lowest BCUT2D eigenvalue weighted by Crippen LogP contribution is -2.56. The molecule has 2 atom stereocenters. The Morgan fingerprint density at radius 2 is 1.90 bits per heavy atom. The summed E-state index contributed by atoms with van der Waals surface area (Å²) in [6.07, 6.45) is 4.96. The van der Waals surface area contributed by atoms with Crippen molar-refractivity contribution in [2.75, 3.05) is 13.1 Å². The van der Waals surface area contributed by atoms with E-state index in [1.807, 2.05) is 4.90 Å². The van der Waals surface area contributed by atoms with Gasteiger partial charge in [-0.2, -0.15) is 0 Å². The molecule has 3 heteroatoms. The highest BCUT2D eigenvalue weighted by Crippen LogP contribution is 2.35. The Kier molecular flexibility index (Phi) is 4.03. The van der Waals surface area contributed by atoms with E-state index in [9.17, 15) is 4.79 Å². The van der Waals surface area contributed by atoms with Gasteiger partial charge in [0.2, 0.25) is 5.91 Å². The molecule has 0 radical (unpaired) electrons. The van der Waals surface area contributed by atoms with Gasteiger partial charge in [-0.25, -0.2) is 0 Å². The maximum absolute atomic E-state index is 12.7. The molecule has 0 bridgehead atoms. The van der Waals surface area contributed by atoms with Crippen LogP contribution in [0.2, 0.25) is 0 Å². The maximum Gasteiger partial charge on any atom is 0.242 e. The van der Waals surface area contributed by atoms with Crippen molar-refractivity contribution in [1.82, 2.24) is 4.90 Å². The SMILES string of the molecule is CC1CN(C(=O)C2(N)CCCC2)CCC1c1ccccc1. The van der Waals surface area contributed by atoms with Gasteiger partial charge in [0.05, 0.1) is 5.54 Å². The fourth-order valence-electron chi connectivity index (χ4n) is 4.06. The lowest BCUT2D eigenvalue weighted by atomic mass is 9.81. The van der Waals surface area contributed by atoms with Crippen molar-refractivity contribution in [2.24, 2.45) is 11.7 Å². The van der Waals surface area contributed by atoms with Crippen LogP contribution in [0.15, 0.2) is 30.3 Å². The fraction of sp³-hybridized carbons (Fsp3) is 0.611. The highest BCUT2D eigenvalue weighted by molar-refractivity contribution is 5.86. The van der Waals surface area contributed by atoms with E-state index >= 15 is 0 Å². The number of nitrogens with zero attached hydrogens (tertiary/aromatic N) is 1. The average molecular weight is 286 g/mol. The van der Waals surface area contributed by atoms with Crippen LogP contribution in [-0.2, 0) is 4.79 Å². The highest BCUT2D eigenvalue weighted by Gasteiger charge is 2.41. The normalized spacial score (nSPS) is 28.6. The van der Waals surface area contributed by atoms with E-state index in [-0.39, 0.29) is 5.91 Å². The number of carbonyl (C=O) groups is 1. The minimum Gasteiger partial charge on any atom is -0.341 e. The highest BCUT2D eigenvalue weighted by atomic mass is 16.2. The Morgan fingerprint density at radius 3 is 2.52 bits per heavy atom. The molecule has 1 saturated carbocycles. The smallest absolute Gasteiger partial charge is 0.242 e. The van der Waals surface area contributed by atoms with Gasteiger partial charge in [-0.1, -0.05) is 50.1 Å². The van der Waals surface area contributed by atoms with Crippen LogP contribution < -0.4 is 5.73 Å². The summed E-state index contributed by atoms with van der Waals surface area (Å²) in [6.45, 7) is 3.95. The van der Waals surface area contributed by atoms with Gasteiger partial charge in [0.1, 0.15) is 0 Å². The van der Waals surface area contributed by atoms with Crippen molar-refractivity contribution in [3.63, 3.8) is 0 Å². The fourth-order valence-corrected chi connectivity index (χ4v) is 4.06. The lowest BCUT2D eigenvalue weighted by Gasteiger charge is -2.40. The van der Waals surface area contributed by atoms with Gasteiger partial charge in [0.25, 0.3) is 0 Å². The molecule has 3 rings (SSSR count). The standard InChI is InChI=1S/C18H26N2O/c1-14-13-20(17(21)18(19)10-5-6-11-18)12-9-16(14)15-7-3-2-4-8-15/h2-4,7-8,14,16H,5-6,9-13,19H2,1H3. The molecule has 21 heavy (non-hydrogen) atoms. The number of amides is 1. The van der Waals surface area contributed by atoms with E-state index in [2.05, 4.69) is 37.3 Å². The summed E-state index contributed by atoms with van der Waals surface area (Å²) in [5, 5.41) is 0. The van der Waals surface area contributed by atoms with Crippen molar-refractivity contribution in [3.05, 3.63) is 35.9 Å². The van der Waals surface area contributed by atoms with Gasteiger partial charge in [0, 0.05) is 13.1 Å². The number of piperidine rings is 1. The number of nitrogens with two attached hydrogens (primary N) is 1. The van der Waals surface area contributed by atoms with E-state index in [1.165, 1.54) is 5.56 Å². The number of benzene rings is 1. The zero-order chi connectivity index (χ0) is 14.9. The Morgan fingerprint density at radius 1 is 1.24 bits per heavy atom. The zero-order valence-electron chi connectivity index (χ0n) is 12.9. The summed E-state index contributed by atoms with van der Waals surface area (Å²) in [5.74, 6) is 1.25. The van der Waals surface area contributed by atoms with Gasteiger partial charge < -0.3 is 10.6 Å². The molecule has 1 aliphatic carbocycles. The van der Waals surface area contributed by atoms with Crippen LogP contribution in [0.3, 0.4) is 0 Å². The molecule has 0 aromatic heterocycles. The van der Waals surface area contributed by atoms with Crippen LogP contribution in [-0.4, -0.2) is 29.4 Å². The molecule has 114 valence electrons. The predicted molar refractivity (Wildman–Crippen MR) is 84.9 cm³/mol. The molecule has 1 aromatic rings. The number of likely N-dealkylation sites (tertiary alicyclic amines) is 1. The Hall–Kier alpha value is -1.35. The molecule has 1 amide bonds. The first-order valence-electron chi connectivity index (χ1n) is 8.23. The number of rotatable bonds is 2. The molecular formula is C18H26N2O. The summed E-state index contributed by atoms with van der Waals surface area (Å²) < 4.78 is 0. The third-order valence-corrected chi connectivity index (χ3v) is 5.34. The Labute approximate surface area is 127 Å². The van der Waals surface area contributed by atoms with Crippen LogP contribution in [0.5, 0.6) is 0 Å². The van der Waals surface area contributed by atoms with Crippen LogP contribution in [0.25, 0.3) is 0 Å². The lowest BCUT2D eigenvalue weighted by molar-refractivity contribution is -0.138. The largest absolute Gasteiger partial charge is 0.341 e. The van der Waals surface area contributed by atoms with E-state index < -0.39 is 5.54 Å². The molecule has 2 N–H and O–H groups in total. The first-order valence-corrected chi connectivity index (χ1v) is 8.23. The molecule has 2 aliphatic rings. The summed E-state index contributed by atoms with van der Waals surface area (Å²) in [4.78, 5) is 14.7. The molecular weight excluding hydrogens is 260 g/mol. The van der Waals surface area contributed by atoms with E-state index in [0.29, 0.717) is 11.8 Å². The molecule has 1 saturated heterocycles. The first-order chi connectivity index (χ1) is 10.1. The summed E-state index contributed by atoms with van der Waals surface area (Å²) in [7, 11) is 0. The molecule has 1 heterocycles. The summed E-state index contributed by atoms with van der Waals surface area (Å²) in [6, 6.07) is 10.7. The molecule has 1 aliphatic heterocycles. The van der Waals surface area contributed by atoms with Gasteiger partial charge in [-0.15, -0.1) is 0 Å². The predicted octanol–water partition coefficient (Wildman–Crippen LogP) is 2.91. The second kappa shape index (κ2) is 5.80. The quantitative estimate of drug-likeness (QED) is 0.908. The Balaban J connectivity index is 1.67. The Bertz CT molecular complexity index is 493. The minimum atomic E-state index is -0.570. The van der Waals surface area contributed by atoms with Crippen molar-refractivity contribution in [1.29, 1.82) is 0 Å². The second-order valence-electron chi connectivity index (χ2n) is 6.90. The van der Waals surface area contributed by atoms with E-state index in [0.717, 1.165) is 45.2 Å². The van der Waals surface area contributed by atoms with Crippen LogP contribution >= 0.6 is 0 Å². The third-order valence-electron chi connectivity index (χ3n) is 5.34. The van der Waals surface area contributed by atoms with Gasteiger partial charge in [-0.05, 0) is 36.7 Å². The average Bonchev–Trinajstić information content (AvgIpc) is 2.95. The van der Waals surface area contributed by atoms with E-state index in [1.54, 1.807) is 0 Å². The van der Waals surface area contributed by atoms with Crippen LogP contribution in [0, 0.1) is 5.92 Å². The van der Waals surface area contributed by atoms with Crippen molar-refractivity contribution < 1.29 is 4.79 Å². The third kappa shape index (κ3) is 2.84. The van der Waals surface area contributed by atoms with Crippen molar-refractivity contribution in [3.8, 4) is 0 Å². The number of carbonyl (C=O) groups excluding carboxylic acids is 1. The van der Waals surface area contributed by atoms with Crippen LogP contribution in [0.1, 0.15) is 50.5 Å². The summed E-state index contributed by atoms with van der Waals surface area (Å²) >= 11 is 0. The monoisotopic (exact) mass is 286 g/mol. The number of hydrogen-bond donors (Lipinski definition) is 1. The molecule has 2 unspecified atom stereocenters. The molecule has 1 aromatic carbocycles. The van der Waals surface area contributed by atoms with Crippen molar-refractivity contribution in [2.45, 2.75) is 50.5 Å². The zero-order valence-corrected chi connectivity index (χ0v) is 12.9. The van der Waals surface area contributed by atoms with Crippen LogP contribution in [0.4, 0.5) is 0 Å². The minimum absolute atomic E-state index is 0.193. The van der Waals surface area contributed by atoms with Gasteiger partial charge >= 0.3 is 0 Å². The second-order valence-corrected chi connectivity index (χ2v) is 6.90.